The summed E-state index contributed by atoms with van der Waals surface area (Å²) in [7, 11) is 0. The number of carbonyl (C=O) groups excluding carboxylic acids is 3. The fourth-order valence-corrected chi connectivity index (χ4v) is 7.74. The maximum atomic E-state index is 14.2. The van der Waals surface area contributed by atoms with Gasteiger partial charge in [0.1, 0.15) is 23.7 Å². The Bertz CT molecular complexity index is 2120. The molecule has 5 aromatic carbocycles. The Morgan fingerprint density at radius 3 is 1.98 bits per heavy atom. The van der Waals surface area contributed by atoms with Crippen molar-refractivity contribution in [2.75, 3.05) is 22.9 Å². The number of urea groups is 1. The highest BCUT2D eigenvalue weighted by Crippen LogP contribution is 2.50. The minimum absolute atomic E-state index is 0.0659. The maximum Gasteiger partial charge on any atom is 0.335 e. The number of anilines is 2. The van der Waals surface area contributed by atoms with Crippen LogP contribution in [0.4, 0.5) is 20.6 Å². The Balaban J connectivity index is 1.16. The summed E-state index contributed by atoms with van der Waals surface area (Å²) >= 11 is 6.54. The van der Waals surface area contributed by atoms with Crippen molar-refractivity contribution in [2.24, 2.45) is 0 Å². The van der Waals surface area contributed by atoms with Crippen molar-refractivity contribution in [1.29, 1.82) is 0 Å². The Morgan fingerprint density at radius 1 is 0.784 bits per heavy atom. The van der Waals surface area contributed by atoms with Crippen LogP contribution in [0.2, 0.25) is 5.02 Å². The second-order valence-corrected chi connectivity index (χ2v) is 13.4. The van der Waals surface area contributed by atoms with Crippen LogP contribution < -0.4 is 19.9 Å². The lowest BCUT2D eigenvalue weighted by molar-refractivity contribution is -0.122. The molecule has 0 unspecified atom stereocenters. The van der Waals surface area contributed by atoms with Crippen LogP contribution in [0.15, 0.2) is 121 Å². The molecule has 3 aliphatic rings. The molecule has 2 atom stereocenters. The third-order valence-electron chi connectivity index (χ3n) is 9.93. The first kappa shape index (κ1) is 32.5. The van der Waals surface area contributed by atoms with Crippen LogP contribution >= 0.6 is 11.6 Å². The zero-order chi connectivity index (χ0) is 35.1. The monoisotopic (exact) mass is 697 g/mol. The van der Waals surface area contributed by atoms with E-state index in [1.807, 2.05) is 48.5 Å². The lowest BCUT2D eigenvalue weighted by Gasteiger charge is -2.44. The van der Waals surface area contributed by atoms with E-state index in [0.29, 0.717) is 17.0 Å². The van der Waals surface area contributed by atoms with Gasteiger partial charge in [-0.25, -0.2) is 14.1 Å². The predicted molar refractivity (Wildman–Crippen MR) is 196 cm³/mol. The van der Waals surface area contributed by atoms with Gasteiger partial charge < -0.3 is 9.64 Å². The number of rotatable bonds is 7. The van der Waals surface area contributed by atoms with Crippen LogP contribution in [0, 0.1) is 5.82 Å². The van der Waals surface area contributed by atoms with Gasteiger partial charge >= 0.3 is 6.03 Å². The van der Waals surface area contributed by atoms with Gasteiger partial charge in [0, 0.05) is 30.6 Å². The number of barbiturate groups is 1. The molecule has 3 heterocycles. The number of ether oxygens (including phenoxy) is 1. The van der Waals surface area contributed by atoms with Crippen LogP contribution in [-0.4, -0.2) is 30.9 Å². The number of halogens is 2. The maximum absolute atomic E-state index is 14.2. The highest BCUT2D eigenvalue weighted by atomic mass is 35.5. The zero-order valence-corrected chi connectivity index (χ0v) is 28.3. The van der Waals surface area contributed by atoms with Crippen molar-refractivity contribution >= 4 is 46.9 Å². The summed E-state index contributed by atoms with van der Waals surface area (Å²) in [5, 5.41) is 2.65. The van der Waals surface area contributed by atoms with Crippen LogP contribution in [-0.2, 0) is 16.2 Å². The molecular weight excluding hydrogens is 665 g/mol. The smallest absolute Gasteiger partial charge is 0.335 e. The van der Waals surface area contributed by atoms with Gasteiger partial charge in [-0.3, -0.25) is 14.9 Å². The van der Waals surface area contributed by atoms with Crippen LogP contribution in [0.25, 0.3) is 6.08 Å². The molecule has 0 aromatic heterocycles. The van der Waals surface area contributed by atoms with Gasteiger partial charge in [-0.05, 0) is 88.7 Å². The second-order valence-electron chi connectivity index (χ2n) is 13.0. The Hall–Kier alpha value is -5.73. The summed E-state index contributed by atoms with van der Waals surface area (Å²) in [5.41, 5.74) is 7.09. The van der Waals surface area contributed by atoms with Crippen LogP contribution in [0.1, 0.15) is 58.1 Å². The number of carbonyl (C=O) groups is 3. The van der Waals surface area contributed by atoms with Gasteiger partial charge in [0.15, 0.2) is 0 Å². The average Bonchev–Trinajstić information content (AvgIpc) is 3.14. The molecule has 1 fully saturated rings. The molecule has 0 radical (unpaired) electrons. The number of amides is 4. The predicted octanol–water partition coefficient (Wildman–Crippen LogP) is 8.60. The molecule has 0 saturated carbocycles. The SMILES string of the molecule is O=C1NC(=O)N(c2cc3c4c(c2)[C@H](c2ccccc2)CCN4CC[C@@H]3c2ccccc2)C(=O)/C1=C/c1ccc(OCc2ccc(F)cc2)c(Cl)c1. The van der Waals surface area contributed by atoms with Gasteiger partial charge in [0.25, 0.3) is 11.8 Å². The molecule has 5 aromatic rings. The number of nitrogens with one attached hydrogen (secondary N) is 1. The number of imide groups is 2. The standard InChI is InChI=1S/C42H33ClFN3O4/c43-37-22-27(13-16-38(37)51-25-26-11-14-30(44)15-12-26)21-36-40(48)45-42(50)47(41(36)49)31-23-34-32(28-7-3-1-4-8-28)17-19-46-20-18-33(35(24-31)39(34)46)29-9-5-2-6-10-29/h1-16,21-24,32-33H,17-20,25H2,(H,45,48,50)/b36-21+/t32-,33+. The van der Waals surface area contributed by atoms with E-state index in [1.165, 1.54) is 29.3 Å². The van der Waals surface area contributed by atoms with Crippen molar-refractivity contribution in [3.05, 3.63) is 165 Å². The Kier molecular flexibility index (Phi) is 8.61. The molecule has 8 rings (SSSR count). The normalized spacial score (nSPS) is 19.2. The molecule has 254 valence electrons. The van der Waals surface area contributed by atoms with E-state index in [0.717, 1.165) is 53.2 Å². The lowest BCUT2D eigenvalue weighted by atomic mass is 9.76. The molecule has 0 spiro atoms. The minimum Gasteiger partial charge on any atom is -0.487 e. The summed E-state index contributed by atoms with van der Waals surface area (Å²) in [6.07, 6.45) is 3.21. The molecule has 0 aliphatic carbocycles. The van der Waals surface area contributed by atoms with Gasteiger partial charge in [0.05, 0.1) is 10.7 Å². The summed E-state index contributed by atoms with van der Waals surface area (Å²) in [4.78, 5) is 44.4. The highest BCUT2D eigenvalue weighted by Gasteiger charge is 2.40. The lowest BCUT2D eigenvalue weighted by Crippen LogP contribution is -2.54. The number of hydrogen-bond acceptors (Lipinski definition) is 5. The van der Waals surface area contributed by atoms with E-state index in [-0.39, 0.29) is 34.9 Å². The first-order valence-electron chi connectivity index (χ1n) is 16.9. The topological polar surface area (TPSA) is 79.0 Å². The highest BCUT2D eigenvalue weighted by molar-refractivity contribution is 6.39. The molecule has 7 nitrogen and oxygen atoms in total. The number of benzene rings is 5. The molecule has 1 saturated heterocycles. The summed E-state index contributed by atoms with van der Waals surface area (Å²) in [6.45, 7) is 1.99. The third-order valence-corrected chi connectivity index (χ3v) is 10.2. The van der Waals surface area contributed by atoms with Gasteiger partial charge in [-0.1, -0.05) is 90.5 Å². The quantitative estimate of drug-likeness (QED) is 0.136. The number of hydrogen-bond donors (Lipinski definition) is 1. The van der Waals surface area contributed by atoms with E-state index in [4.69, 9.17) is 16.3 Å². The van der Waals surface area contributed by atoms with Crippen molar-refractivity contribution in [1.82, 2.24) is 5.32 Å². The van der Waals surface area contributed by atoms with E-state index >= 15 is 0 Å². The van der Waals surface area contributed by atoms with Crippen LogP contribution in [0.3, 0.4) is 0 Å². The average molecular weight is 698 g/mol. The van der Waals surface area contributed by atoms with E-state index in [2.05, 4.69) is 34.5 Å². The molecular formula is C42H33ClFN3O4. The van der Waals surface area contributed by atoms with Crippen molar-refractivity contribution in [3.8, 4) is 5.75 Å². The molecule has 4 amide bonds. The molecule has 51 heavy (non-hydrogen) atoms. The minimum atomic E-state index is -0.798. The number of nitrogens with zero attached hydrogens (tertiary/aromatic N) is 2. The van der Waals surface area contributed by atoms with Gasteiger partial charge in [-0.2, -0.15) is 0 Å². The van der Waals surface area contributed by atoms with E-state index in [9.17, 15) is 18.8 Å². The first-order valence-corrected chi connectivity index (χ1v) is 17.3. The third kappa shape index (κ3) is 6.28. The second kappa shape index (κ2) is 13.5. The zero-order valence-electron chi connectivity index (χ0n) is 27.5. The van der Waals surface area contributed by atoms with E-state index in [1.54, 1.807) is 30.3 Å². The molecule has 1 N–H and O–H groups in total. The van der Waals surface area contributed by atoms with Crippen molar-refractivity contribution < 1.29 is 23.5 Å². The van der Waals surface area contributed by atoms with Gasteiger partial charge in [-0.15, -0.1) is 0 Å². The summed E-state index contributed by atoms with van der Waals surface area (Å²) in [6, 6.07) is 34.6. The van der Waals surface area contributed by atoms with Gasteiger partial charge in [0.2, 0.25) is 0 Å². The summed E-state index contributed by atoms with van der Waals surface area (Å²) < 4.78 is 19.1. The largest absolute Gasteiger partial charge is 0.487 e. The van der Waals surface area contributed by atoms with Crippen LogP contribution in [0.5, 0.6) is 5.75 Å². The fraction of sp³-hybridized carbons (Fsp3) is 0.167. The summed E-state index contributed by atoms with van der Waals surface area (Å²) in [5.74, 6) is -1.33. The Labute approximate surface area is 299 Å². The fourth-order valence-electron chi connectivity index (χ4n) is 7.49. The Morgan fingerprint density at radius 2 is 1.39 bits per heavy atom. The molecule has 9 heteroatoms. The van der Waals surface area contributed by atoms with Crippen molar-refractivity contribution in [2.45, 2.75) is 31.3 Å². The van der Waals surface area contributed by atoms with Crippen molar-refractivity contribution in [3.63, 3.8) is 0 Å². The first-order chi connectivity index (χ1) is 24.8. The molecule has 0 bridgehead atoms. The molecule has 3 aliphatic heterocycles. The van der Waals surface area contributed by atoms with E-state index < -0.39 is 17.8 Å².